The van der Waals surface area contributed by atoms with E-state index >= 15 is 0 Å². The Hall–Kier alpha value is -2.79. The number of hydrogen-bond donors (Lipinski definition) is 0. The minimum atomic E-state index is -1.08. The van der Waals surface area contributed by atoms with E-state index in [0.717, 1.165) is 5.52 Å². The van der Waals surface area contributed by atoms with E-state index < -0.39 is 11.9 Å². The highest BCUT2D eigenvalue weighted by molar-refractivity contribution is 5.83. The fraction of sp³-hybridized carbons (Fsp3) is 0.154. The quantitative estimate of drug-likeness (QED) is 0.745. The van der Waals surface area contributed by atoms with Gasteiger partial charge in [0.1, 0.15) is 11.8 Å². The Kier molecular flexibility index (Phi) is 2.99. The summed E-state index contributed by atoms with van der Waals surface area (Å²) in [5, 5.41) is 18.2. The van der Waals surface area contributed by atoms with Crippen molar-refractivity contribution in [2.24, 2.45) is 0 Å². The Morgan fingerprint density at radius 3 is 2.83 bits per heavy atom. The molecule has 1 unspecified atom stereocenters. The molecule has 18 heavy (non-hydrogen) atoms. The Bertz CT molecular complexity index is 688. The van der Waals surface area contributed by atoms with Gasteiger partial charge in [0.25, 0.3) is 0 Å². The average molecular weight is 239 g/mol. The highest BCUT2D eigenvalue weighted by Crippen LogP contribution is 2.24. The molecule has 0 aliphatic heterocycles. The summed E-state index contributed by atoms with van der Waals surface area (Å²) in [7, 11) is 1.22. The van der Waals surface area contributed by atoms with Crippen LogP contribution in [0.2, 0.25) is 0 Å². The smallest absolute Gasteiger partial charge is 0.327 e. The molecule has 0 N–H and O–H groups in total. The maximum absolute atomic E-state index is 11.5. The van der Waals surface area contributed by atoms with Gasteiger partial charge in [-0.1, -0.05) is 6.07 Å². The molecule has 2 aromatic heterocycles. The number of nitriles is 2. The Labute approximate surface area is 103 Å². The second-order valence-electron chi connectivity index (χ2n) is 3.64. The summed E-state index contributed by atoms with van der Waals surface area (Å²) in [6.45, 7) is 0. The first-order valence-electron chi connectivity index (χ1n) is 5.20. The van der Waals surface area contributed by atoms with Crippen molar-refractivity contribution in [2.45, 2.75) is 5.92 Å². The monoisotopic (exact) mass is 239 g/mol. The summed E-state index contributed by atoms with van der Waals surface area (Å²) >= 11 is 0. The molecule has 1 atom stereocenters. The Morgan fingerprint density at radius 1 is 1.44 bits per heavy atom. The summed E-state index contributed by atoms with van der Waals surface area (Å²) in [6.07, 6.45) is 1.71. The molecule has 0 aliphatic carbocycles. The predicted octanol–water partition coefficient (Wildman–Crippen LogP) is 1.59. The fourth-order valence-corrected chi connectivity index (χ4v) is 1.85. The molecule has 0 saturated heterocycles. The van der Waals surface area contributed by atoms with Crippen molar-refractivity contribution in [1.82, 2.24) is 4.40 Å². The molecular formula is C13H9N3O2. The molecule has 0 aliphatic rings. The first kappa shape index (κ1) is 11.7. The summed E-state index contributed by atoms with van der Waals surface area (Å²) in [5.41, 5.74) is 1.41. The van der Waals surface area contributed by atoms with E-state index in [9.17, 15) is 10.1 Å². The molecule has 2 aromatic rings. The minimum Gasteiger partial charge on any atom is -0.468 e. The van der Waals surface area contributed by atoms with E-state index in [4.69, 9.17) is 5.26 Å². The van der Waals surface area contributed by atoms with E-state index in [1.807, 2.05) is 18.2 Å². The standard InChI is InChI=1S/C13H9N3O2/c1-18-13(17)11(7-14)10-6-9-4-2-3-5-16(9)12(10)8-15/h2-6,11H,1H3. The van der Waals surface area contributed by atoms with Crippen LogP contribution in [-0.4, -0.2) is 17.5 Å². The van der Waals surface area contributed by atoms with Crippen LogP contribution in [0, 0.1) is 22.7 Å². The normalized spacial score (nSPS) is 11.5. The van der Waals surface area contributed by atoms with Gasteiger partial charge in [0.2, 0.25) is 0 Å². The lowest BCUT2D eigenvalue weighted by Crippen LogP contribution is -2.13. The maximum Gasteiger partial charge on any atom is 0.327 e. The third-order valence-electron chi connectivity index (χ3n) is 2.69. The summed E-state index contributed by atoms with van der Waals surface area (Å²) < 4.78 is 6.21. The molecule has 2 rings (SSSR count). The van der Waals surface area contributed by atoms with E-state index in [1.54, 1.807) is 28.8 Å². The van der Waals surface area contributed by atoms with E-state index in [0.29, 0.717) is 5.56 Å². The van der Waals surface area contributed by atoms with Gasteiger partial charge in [0, 0.05) is 17.3 Å². The lowest BCUT2D eigenvalue weighted by atomic mass is 10.0. The summed E-state index contributed by atoms with van der Waals surface area (Å²) in [6, 6.07) is 10.9. The van der Waals surface area contributed by atoms with Gasteiger partial charge in [-0.05, 0) is 18.2 Å². The molecule has 0 bridgehead atoms. The zero-order valence-electron chi connectivity index (χ0n) is 9.62. The Balaban J connectivity index is 2.68. The largest absolute Gasteiger partial charge is 0.468 e. The number of carbonyl (C=O) groups excluding carboxylic acids is 1. The fourth-order valence-electron chi connectivity index (χ4n) is 1.85. The average Bonchev–Trinajstić information content (AvgIpc) is 2.77. The van der Waals surface area contributed by atoms with Crippen LogP contribution in [0.5, 0.6) is 0 Å². The lowest BCUT2D eigenvalue weighted by Gasteiger charge is -2.04. The topological polar surface area (TPSA) is 78.3 Å². The summed E-state index contributed by atoms with van der Waals surface area (Å²) in [4.78, 5) is 11.5. The zero-order chi connectivity index (χ0) is 13.1. The molecule has 0 amide bonds. The van der Waals surface area contributed by atoms with Crippen LogP contribution in [-0.2, 0) is 9.53 Å². The SMILES string of the molecule is COC(=O)C(C#N)c1cc2ccccn2c1C#N. The van der Waals surface area contributed by atoms with Crippen molar-refractivity contribution >= 4 is 11.5 Å². The van der Waals surface area contributed by atoms with Gasteiger partial charge in [0.05, 0.1) is 13.2 Å². The van der Waals surface area contributed by atoms with Crippen molar-refractivity contribution in [2.75, 3.05) is 7.11 Å². The number of fused-ring (bicyclic) bond motifs is 1. The molecule has 0 radical (unpaired) electrons. The van der Waals surface area contributed by atoms with Gasteiger partial charge < -0.3 is 9.14 Å². The third-order valence-corrected chi connectivity index (χ3v) is 2.69. The number of ether oxygens (including phenoxy) is 1. The highest BCUT2D eigenvalue weighted by atomic mass is 16.5. The number of aromatic nitrogens is 1. The molecule has 0 spiro atoms. The van der Waals surface area contributed by atoms with Crippen LogP contribution in [0.25, 0.3) is 5.52 Å². The first-order chi connectivity index (χ1) is 8.72. The number of carbonyl (C=O) groups is 1. The van der Waals surface area contributed by atoms with Gasteiger partial charge in [-0.15, -0.1) is 0 Å². The van der Waals surface area contributed by atoms with Gasteiger partial charge in [-0.25, -0.2) is 0 Å². The van der Waals surface area contributed by atoms with Crippen molar-refractivity contribution in [3.63, 3.8) is 0 Å². The third kappa shape index (κ3) is 1.68. The van der Waals surface area contributed by atoms with Crippen LogP contribution in [0.3, 0.4) is 0 Å². The van der Waals surface area contributed by atoms with Crippen molar-refractivity contribution in [1.29, 1.82) is 10.5 Å². The van der Waals surface area contributed by atoms with E-state index in [-0.39, 0.29) is 5.69 Å². The number of methoxy groups -OCH3 is 1. The van der Waals surface area contributed by atoms with E-state index in [2.05, 4.69) is 4.74 Å². The first-order valence-corrected chi connectivity index (χ1v) is 5.20. The minimum absolute atomic E-state index is 0.280. The second-order valence-corrected chi connectivity index (χ2v) is 3.64. The van der Waals surface area contributed by atoms with Gasteiger partial charge in [-0.2, -0.15) is 10.5 Å². The molecule has 0 saturated carbocycles. The molecule has 0 aromatic carbocycles. The lowest BCUT2D eigenvalue weighted by molar-refractivity contribution is -0.141. The number of rotatable bonds is 2. The number of esters is 1. The number of nitrogens with zero attached hydrogens (tertiary/aromatic N) is 3. The molecular weight excluding hydrogens is 230 g/mol. The molecule has 88 valence electrons. The maximum atomic E-state index is 11.5. The molecule has 5 nitrogen and oxygen atoms in total. The van der Waals surface area contributed by atoms with Gasteiger partial charge in [0.15, 0.2) is 5.92 Å². The Morgan fingerprint density at radius 2 is 2.22 bits per heavy atom. The highest BCUT2D eigenvalue weighted by Gasteiger charge is 2.26. The predicted molar refractivity (Wildman–Crippen MR) is 62.5 cm³/mol. The second kappa shape index (κ2) is 4.60. The van der Waals surface area contributed by atoms with Gasteiger partial charge >= 0.3 is 5.97 Å². The van der Waals surface area contributed by atoms with Crippen LogP contribution < -0.4 is 0 Å². The molecule has 0 fully saturated rings. The van der Waals surface area contributed by atoms with Crippen LogP contribution in [0.1, 0.15) is 17.2 Å². The zero-order valence-corrected chi connectivity index (χ0v) is 9.62. The van der Waals surface area contributed by atoms with Crippen LogP contribution in [0.15, 0.2) is 30.5 Å². The van der Waals surface area contributed by atoms with Gasteiger partial charge in [-0.3, -0.25) is 4.79 Å². The summed E-state index contributed by atoms with van der Waals surface area (Å²) in [5.74, 6) is -1.74. The molecule has 5 heteroatoms. The molecule has 2 heterocycles. The number of hydrogen-bond acceptors (Lipinski definition) is 4. The van der Waals surface area contributed by atoms with E-state index in [1.165, 1.54) is 7.11 Å². The number of pyridine rings is 1. The van der Waals surface area contributed by atoms with Crippen LogP contribution in [0.4, 0.5) is 0 Å². The van der Waals surface area contributed by atoms with Crippen molar-refractivity contribution < 1.29 is 9.53 Å². The van der Waals surface area contributed by atoms with Crippen molar-refractivity contribution in [3.8, 4) is 12.1 Å². The van der Waals surface area contributed by atoms with Crippen molar-refractivity contribution in [3.05, 3.63) is 41.7 Å². The van der Waals surface area contributed by atoms with Crippen LogP contribution >= 0.6 is 0 Å².